The van der Waals surface area contributed by atoms with Gasteiger partial charge in [0.05, 0.1) is 12.4 Å². The Labute approximate surface area is 163 Å². The van der Waals surface area contributed by atoms with Gasteiger partial charge in [0, 0.05) is 39.2 Å². The van der Waals surface area contributed by atoms with E-state index in [0.717, 1.165) is 38.2 Å². The van der Waals surface area contributed by atoms with Crippen LogP contribution in [-0.4, -0.2) is 53.9 Å². The quantitative estimate of drug-likeness (QED) is 0.352. The normalized spacial score (nSPS) is 21.1. The summed E-state index contributed by atoms with van der Waals surface area (Å²) in [4.78, 5) is 4.24. The van der Waals surface area contributed by atoms with Crippen LogP contribution >= 0.6 is 0 Å². The predicted molar refractivity (Wildman–Crippen MR) is 109 cm³/mol. The van der Waals surface area contributed by atoms with Gasteiger partial charge in [0.15, 0.2) is 5.96 Å². The molecule has 0 aromatic heterocycles. The third-order valence-electron chi connectivity index (χ3n) is 4.62. The number of ether oxygens (including phenoxy) is 1. The van der Waals surface area contributed by atoms with E-state index in [0.29, 0.717) is 25.4 Å². The molecule has 1 aliphatic heterocycles. The molecule has 2 atom stereocenters. The van der Waals surface area contributed by atoms with Crippen LogP contribution in [0.2, 0.25) is 0 Å². The zero-order valence-electron chi connectivity index (χ0n) is 16.5. The van der Waals surface area contributed by atoms with Crippen molar-refractivity contribution in [2.75, 3.05) is 39.5 Å². The van der Waals surface area contributed by atoms with Gasteiger partial charge in [0.2, 0.25) is 10.0 Å². The lowest BCUT2D eigenvalue weighted by Crippen LogP contribution is -2.42. The van der Waals surface area contributed by atoms with Crippen LogP contribution in [0, 0.1) is 12.8 Å². The maximum Gasteiger partial charge on any atom is 0.208 e. The molecule has 3 N–H and O–H groups in total. The van der Waals surface area contributed by atoms with E-state index in [1.54, 1.807) is 7.05 Å². The number of hydrogen-bond acceptors (Lipinski definition) is 4. The summed E-state index contributed by atoms with van der Waals surface area (Å²) in [7, 11) is -1.39. The van der Waals surface area contributed by atoms with Gasteiger partial charge in [-0.15, -0.1) is 0 Å². The van der Waals surface area contributed by atoms with Crippen LogP contribution in [0.3, 0.4) is 0 Å². The molecule has 0 radical (unpaired) electrons. The van der Waals surface area contributed by atoms with E-state index < -0.39 is 10.0 Å². The Kier molecular flexibility index (Phi) is 8.53. The molecule has 0 spiro atoms. The lowest BCUT2D eigenvalue weighted by molar-refractivity contribution is -0.0265. The highest BCUT2D eigenvalue weighted by Crippen LogP contribution is 2.33. The average molecular weight is 397 g/mol. The van der Waals surface area contributed by atoms with E-state index in [1.165, 1.54) is 11.1 Å². The number of aliphatic imine (C=N–C) groups is 1. The molecule has 0 bridgehead atoms. The summed E-state index contributed by atoms with van der Waals surface area (Å²) >= 11 is 0. The molecule has 0 aliphatic carbocycles. The van der Waals surface area contributed by atoms with Crippen molar-refractivity contribution < 1.29 is 13.2 Å². The van der Waals surface area contributed by atoms with Crippen LogP contribution in [0.1, 0.15) is 36.5 Å². The van der Waals surface area contributed by atoms with Gasteiger partial charge in [-0.05, 0) is 31.7 Å². The lowest BCUT2D eigenvalue weighted by Gasteiger charge is -2.32. The molecule has 1 aromatic carbocycles. The van der Waals surface area contributed by atoms with Crippen molar-refractivity contribution in [3.05, 3.63) is 35.4 Å². The summed E-state index contributed by atoms with van der Waals surface area (Å²) in [5, 5.41) is 6.60. The Morgan fingerprint density at radius 3 is 2.63 bits per heavy atom. The van der Waals surface area contributed by atoms with Gasteiger partial charge < -0.3 is 15.4 Å². The van der Waals surface area contributed by atoms with Crippen LogP contribution in [-0.2, 0) is 14.8 Å². The first kappa shape index (κ1) is 21.7. The van der Waals surface area contributed by atoms with Crippen molar-refractivity contribution >= 4 is 16.0 Å². The van der Waals surface area contributed by atoms with Crippen LogP contribution in [0.4, 0.5) is 0 Å². The van der Waals surface area contributed by atoms with Crippen molar-refractivity contribution in [2.24, 2.45) is 10.9 Å². The third-order valence-corrected chi connectivity index (χ3v) is 5.34. The van der Waals surface area contributed by atoms with Gasteiger partial charge in [-0.2, -0.15) is 0 Å². The summed E-state index contributed by atoms with van der Waals surface area (Å²) in [6, 6.07) is 8.56. The summed E-state index contributed by atoms with van der Waals surface area (Å²) in [5.41, 5.74) is 2.47. The molecule has 7 nitrogen and oxygen atoms in total. The van der Waals surface area contributed by atoms with Gasteiger partial charge in [-0.3, -0.25) is 4.99 Å². The molecule has 152 valence electrons. The molecular formula is C19H32N4O3S. The van der Waals surface area contributed by atoms with Crippen molar-refractivity contribution in [3.8, 4) is 0 Å². The fraction of sp³-hybridized carbons (Fsp3) is 0.632. The minimum atomic E-state index is -3.13. The number of nitrogens with one attached hydrogen (secondary N) is 3. The molecule has 1 aromatic rings. The lowest BCUT2D eigenvalue weighted by atomic mass is 9.89. The second-order valence-electron chi connectivity index (χ2n) is 7.00. The summed E-state index contributed by atoms with van der Waals surface area (Å²) in [6.45, 7) is 4.72. The molecule has 0 saturated carbocycles. The largest absolute Gasteiger partial charge is 0.373 e. The second kappa shape index (κ2) is 10.6. The van der Waals surface area contributed by atoms with Gasteiger partial charge >= 0.3 is 0 Å². The topological polar surface area (TPSA) is 91.8 Å². The molecule has 1 saturated heterocycles. The van der Waals surface area contributed by atoms with Crippen LogP contribution in [0.5, 0.6) is 0 Å². The number of sulfonamides is 1. The molecule has 1 fully saturated rings. The monoisotopic (exact) mass is 396 g/mol. The molecule has 1 aliphatic rings. The highest BCUT2D eigenvalue weighted by molar-refractivity contribution is 7.88. The Morgan fingerprint density at radius 1 is 1.22 bits per heavy atom. The Hall–Kier alpha value is -1.64. The van der Waals surface area contributed by atoms with E-state index in [4.69, 9.17) is 4.74 Å². The molecule has 2 rings (SSSR count). The van der Waals surface area contributed by atoms with E-state index in [9.17, 15) is 8.42 Å². The summed E-state index contributed by atoms with van der Waals surface area (Å²) < 4.78 is 30.6. The average Bonchev–Trinajstić information content (AvgIpc) is 2.64. The minimum absolute atomic E-state index is 0.101. The standard InChI is InChI=1S/C19H32N4O3S/c1-15-7-9-16(10-8-15)18-17(6-4-13-26-18)14-22-19(20-2)21-11-5-12-23-27(3,24)25/h7-10,17-18,23H,4-6,11-14H2,1-3H3,(H2,20,21,22). The van der Waals surface area contributed by atoms with Gasteiger partial charge in [0.1, 0.15) is 0 Å². The number of rotatable bonds is 8. The van der Waals surface area contributed by atoms with Gasteiger partial charge in [0.25, 0.3) is 0 Å². The van der Waals surface area contributed by atoms with Crippen LogP contribution < -0.4 is 15.4 Å². The fourth-order valence-corrected chi connectivity index (χ4v) is 3.69. The third kappa shape index (κ3) is 7.86. The van der Waals surface area contributed by atoms with E-state index in [1.807, 2.05) is 0 Å². The van der Waals surface area contributed by atoms with Crippen molar-refractivity contribution in [3.63, 3.8) is 0 Å². The fourth-order valence-electron chi connectivity index (χ4n) is 3.18. The predicted octanol–water partition coefficient (Wildman–Crippen LogP) is 1.57. The van der Waals surface area contributed by atoms with Crippen molar-refractivity contribution in [2.45, 2.75) is 32.3 Å². The Bertz CT molecular complexity index is 704. The van der Waals surface area contributed by atoms with Gasteiger partial charge in [-0.25, -0.2) is 13.1 Å². The number of hydrogen-bond donors (Lipinski definition) is 3. The number of benzene rings is 1. The number of nitrogens with zero attached hydrogens (tertiary/aromatic N) is 1. The van der Waals surface area contributed by atoms with Crippen LogP contribution in [0.15, 0.2) is 29.3 Å². The molecule has 27 heavy (non-hydrogen) atoms. The first-order valence-corrected chi connectivity index (χ1v) is 11.4. The Balaban J connectivity index is 1.80. The van der Waals surface area contributed by atoms with Gasteiger partial charge in [-0.1, -0.05) is 29.8 Å². The SMILES string of the molecule is CN=C(NCCCNS(C)(=O)=O)NCC1CCCOC1c1ccc(C)cc1. The minimum Gasteiger partial charge on any atom is -0.373 e. The highest BCUT2D eigenvalue weighted by Gasteiger charge is 2.27. The highest BCUT2D eigenvalue weighted by atomic mass is 32.2. The molecule has 1 heterocycles. The first-order valence-electron chi connectivity index (χ1n) is 9.46. The number of guanidine groups is 1. The maximum atomic E-state index is 11.0. The molecule has 0 amide bonds. The summed E-state index contributed by atoms with van der Waals surface area (Å²) in [5.74, 6) is 1.11. The maximum absolute atomic E-state index is 11.0. The Morgan fingerprint density at radius 2 is 1.96 bits per heavy atom. The first-order chi connectivity index (χ1) is 12.9. The molecule has 8 heteroatoms. The molecular weight excluding hydrogens is 364 g/mol. The number of aryl methyl sites for hydroxylation is 1. The second-order valence-corrected chi connectivity index (χ2v) is 8.84. The van der Waals surface area contributed by atoms with E-state index in [2.05, 4.69) is 51.5 Å². The van der Waals surface area contributed by atoms with E-state index >= 15 is 0 Å². The summed E-state index contributed by atoms with van der Waals surface area (Å²) in [6.07, 6.45) is 4.13. The van der Waals surface area contributed by atoms with E-state index in [-0.39, 0.29) is 6.10 Å². The smallest absolute Gasteiger partial charge is 0.208 e. The zero-order valence-corrected chi connectivity index (χ0v) is 17.3. The van der Waals surface area contributed by atoms with Crippen molar-refractivity contribution in [1.82, 2.24) is 15.4 Å². The van der Waals surface area contributed by atoms with Crippen molar-refractivity contribution in [1.29, 1.82) is 0 Å². The van der Waals surface area contributed by atoms with Crippen LogP contribution in [0.25, 0.3) is 0 Å². The molecule has 2 unspecified atom stereocenters. The zero-order chi connectivity index (χ0) is 19.7.